The topological polar surface area (TPSA) is 83.9 Å². The third-order valence-corrected chi connectivity index (χ3v) is 7.61. The second-order valence-electron chi connectivity index (χ2n) is 9.08. The molecule has 12 heteroatoms. The van der Waals surface area contributed by atoms with E-state index in [1.54, 1.807) is 11.0 Å². The molecule has 1 aliphatic heterocycles. The molecule has 2 heterocycles. The summed E-state index contributed by atoms with van der Waals surface area (Å²) in [5.74, 6) is -1.65. The van der Waals surface area contributed by atoms with Gasteiger partial charge in [0.1, 0.15) is 28.5 Å². The number of benzene rings is 2. The molecule has 2 N–H and O–H groups in total. The average Bonchev–Trinajstić information content (AvgIpc) is 3.06. The van der Waals surface area contributed by atoms with E-state index < -0.39 is 28.9 Å². The molecule has 0 spiro atoms. The number of alkyl halides is 3. The Labute approximate surface area is 232 Å². The highest BCUT2D eigenvalue weighted by Gasteiger charge is 2.38. The lowest BCUT2D eigenvalue weighted by Gasteiger charge is -2.27. The van der Waals surface area contributed by atoms with Crippen LogP contribution in [0.4, 0.5) is 27.0 Å². The second kappa shape index (κ2) is 11.8. The van der Waals surface area contributed by atoms with Gasteiger partial charge in [0.05, 0.1) is 29.5 Å². The molecule has 0 radical (unpaired) electrons. The first kappa shape index (κ1) is 29.3. The fourth-order valence-electron chi connectivity index (χ4n) is 4.69. The Kier molecular flexibility index (Phi) is 8.65. The lowest BCUT2D eigenvalue weighted by atomic mass is 9.89. The normalized spacial score (nSPS) is 15.3. The molecule has 1 saturated heterocycles. The molecular weight excluding hydrogens is 551 g/mol. The summed E-state index contributed by atoms with van der Waals surface area (Å²) in [6.45, 7) is 4.74. The highest BCUT2D eigenvalue weighted by Crippen LogP contribution is 2.46. The third-order valence-electron chi connectivity index (χ3n) is 6.58. The van der Waals surface area contributed by atoms with Crippen LogP contribution in [-0.2, 0) is 15.7 Å². The predicted octanol–water partition coefficient (Wildman–Crippen LogP) is 6.99. The Morgan fingerprint density at radius 3 is 2.67 bits per heavy atom. The molecule has 4 rings (SSSR count). The van der Waals surface area contributed by atoms with Crippen molar-refractivity contribution in [2.45, 2.75) is 32.9 Å². The summed E-state index contributed by atoms with van der Waals surface area (Å²) in [4.78, 5) is 6.27. The Balaban J connectivity index is 2.08. The number of nitrogens with two attached hydrogens (primary N) is 1. The van der Waals surface area contributed by atoms with E-state index in [1.807, 2.05) is 13.0 Å². The molecule has 3 aromatic rings. The van der Waals surface area contributed by atoms with Crippen molar-refractivity contribution < 1.29 is 31.4 Å². The molecule has 0 amide bonds. The smallest absolute Gasteiger partial charge is 0.417 e. The quantitative estimate of drug-likeness (QED) is 0.153. The van der Waals surface area contributed by atoms with E-state index in [2.05, 4.69) is 4.99 Å². The van der Waals surface area contributed by atoms with Gasteiger partial charge >= 0.3 is 6.18 Å². The van der Waals surface area contributed by atoms with Crippen LogP contribution < -0.4 is 5.73 Å². The average molecular weight is 579 g/mol. The van der Waals surface area contributed by atoms with Gasteiger partial charge in [0.2, 0.25) is 5.88 Å². The summed E-state index contributed by atoms with van der Waals surface area (Å²) in [6.07, 6.45) is -2.20. The lowest BCUT2D eigenvalue weighted by Crippen LogP contribution is -2.35. The first-order chi connectivity index (χ1) is 19.0. The number of anilines is 1. The van der Waals surface area contributed by atoms with Gasteiger partial charge in [-0.15, -0.1) is 11.3 Å². The van der Waals surface area contributed by atoms with Crippen molar-refractivity contribution in [2.24, 2.45) is 4.99 Å². The minimum Gasteiger partial charge on any atom is -0.481 e. The molecule has 0 saturated carbocycles. The van der Waals surface area contributed by atoms with E-state index >= 15 is 4.39 Å². The van der Waals surface area contributed by atoms with Gasteiger partial charge in [-0.25, -0.2) is 8.78 Å². The minimum atomic E-state index is -5.01. The van der Waals surface area contributed by atoms with E-state index in [9.17, 15) is 22.8 Å². The van der Waals surface area contributed by atoms with Crippen LogP contribution >= 0.6 is 11.3 Å². The van der Waals surface area contributed by atoms with E-state index in [-0.39, 0.29) is 49.1 Å². The molecule has 40 heavy (non-hydrogen) atoms. The summed E-state index contributed by atoms with van der Waals surface area (Å²) in [5, 5.41) is 9.42. The van der Waals surface area contributed by atoms with E-state index in [1.165, 1.54) is 14.0 Å². The zero-order chi connectivity index (χ0) is 29.2. The number of hydrogen-bond donors (Lipinski definition) is 1. The largest absolute Gasteiger partial charge is 0.481 e. The fraction of sp³-hybridized carbons (Fsp3) is 0.357. The van der Waals surface area contributed by atoms with E-state index in [0.29, 0.717) is 39.1 Å². The number of nitrogens with zero attached hydrogens (tertiary/aromatic N) is 3. The van der Waals surface area contributed by atoms with Gasteiger partial charge in [-0.3, -0.25) is 0 Å². The molecule has 2 aromatic carbocycles. The first-order valence-corrected chi connectivity index (χ1v) is 13.3. The second-order valence-corrected chi connectivity index (χ2v) is 10.1. The number of methoxy groups -OCH3 is 1. The highest BCUT2D eigenvalue weighted by atomic mass is 32.1. The molecule has 0 aliphatic carbocycles. The highest BCUT2D eigenvalue weighted by molar-refractivity contribution is 7.23. The van der Waals surface area contributed by atoms with Crippen molar-refractivity contribution >= 4 is 32.3 Å². The maximum atomic E-state index is 16.3. The molecule has 0 atom stereocenters. The molecule has 1 aliphatic rings. The fourth-order valence-corrected chi connectivity index (χ4v) is 5.64. The molecule has 1 aromatic heterocycles. The van der Waals surface area contributed by atoms with Crippen molar-refractivity contribution in [2.75, 3.05) is 39.1 Å². The third kappa shape index (κ3) is 5.48. The molecule has 0 unspecified atom stereocenters. The lowest BCUT2D eigenvalue weighted by molar-refractivity contribution is -0.137. The summed E-state index contributed by atoms with van der Waals surface area (Å²) in [7, 11) is 1.39. The molecular formula is C28H27F5N4O2S. The van der Waals surface area contributed by atoms with Crippen LogP contribution in [0.5, 0.6) is 0 Å². The van der Waals surface area contributed by atoms with Crippen LogP contribution in [-0.4, -0.2) is 44.1 Å². The molecule has 0 bridgehead atoms. The van der Waals surface area contributed by atoms with E-state index in [4.69, 9.17) is 15.2 Å². The van der Waals surface area contributed by atoms with Crippen molar-refractivity contribution in [1.82, 2.24) is 4.90 Å². The molecule has 212 valence electrons. The van der Waals surface area contributed by atoms with Crippen LogP contribution in [0.15, 0.2) is 35.2 Å². The maximum absolute atomic E-state index is 16.3. The zero-order valence-electron chi connectivity index (χ0n) is 22.1. The van der Waals surface area contributed by atoms with Crippen LogP contribution in [0.3, 0.4) is 0 Å². The van der Waals surface area contributed by atoms with Gasteiger partial charge in [0.15, 0.2) is 0 Å². The zero-order valence-corrected chi connectivity index (χ0v) is 22.9. The summed E-state index contributed by atoms with van der Waals surface area (Å²) in [6, 6.07) is 4.67. The number of amidine groups is 1. The van der Waals surface area contributed by atoms with Crippen molar-refractivity contribution in [3.63, 3.8) is 0 Å². The number of thiophene rings is 1. The Morgan fingerprint density at radius 1 is 1.27 bits per heavy atom. The predicted molar refractivity (Wildman–Crippen MR) is 145 cm³/mol. The van der Waals surface area contributed by atoms with Gasteiger partial charge in [0.25, 0.3) is 0 Å². The number of nitrogen functional groups attached to an aromatic ring is 1. The number of hydrogen-bond acceptors (Lipinski definition) is 6. The maximum Gasteiger partial charge on any atom is 0.417 e. The monoisotopic (exact) mass is 578 g/mol. The van der Waals surface area contributed by atoms with Gasteiger partial charge < -0.3 is 20.1 Å². The number of nitriles is 1. The summed E-state index contributed by atoms with van der Waals surface area (Å²) < 4.78 is 85.7. The van der Waals surface area contributed by atoms with Crippen molar-refractivity contribution in [3.8, 4) is 17.2 Å². The van der Waals surface area contributed by atoms with Crippen LogP contribution in [0.1, 0.15) is 42.0 Å². The number of fused-ring (bicyclic) bond motifs is 1. The Bertz CT molecular complexity index is 1530. The minimum absolute atomic E-state index is 0.0706. The van der Waals surface area contributed by atoms with Crippen molar-refractivity contribution in [1.29, 1.82) is 5.26 Å². The Hall–Kier alpha value is -3.69. The van der Waals surface area contributed by atoms with Gasteiger partial charge in [-0.05, 0) is 49.1 Å². The number of halogens is 5. The number of rotatable bonds is 5. The Morgan fingerprint density at radius 2 is 2.02 bits per heavy atom. The number of aliphatic imine (C=N–C) groups is 1. The standard InChI is InChI=1S/C28H27F5N4O2S/c1-4-6-21(38-3)36-27(37-9-5-11-39-12-10-37)17-13-19(28(31,32)33)23(24(30)15(17)2)16-7-8-20(29)25-22(16)18(14-34)26(35)40-25/h6-8,13H,4-5,9-12,35H2,1-3H3/b21-6-,36-27+. The van der Waals surface area contributed by atoms with Crippen molar-refractivity contribution in [3.05, 3.63) is 64.0 Å². The van der Waals surface area contributed by atoms with Gasteiger partial charge in [-0.2, -0.15) is 23.4 Å². The molecule has 1 fully saturated rings. The van der Waals surface area contributed by atoms with Crippen LogP contribution in [0.2, 0.25) is 0 Å². The van der Waals surface area contributed by atoms with Crippen LogP contribution in [0.25, 0.3) is 21.2 Å². The first-order valence-electron chi connectivity index (χ1n) is 12.5. The summed E-state index contributed by atoms with van der Waals surface area (Å²) >= 11 is 0.724. The van der Waals surface area contributed by atoms with Gasteiger partial charge in [-0.1, -0.05) is 13.0 Å². The van der Waals surface area contributed by atoms with E-state index in [0.717, 1.165) is 29.5 Å². The SMILES string of the molecule is CC/C=C(/N=C(\c1cc(C(F)(F)F)c(-c2ccc(F)c3sc(N)c(C#N)c23)c(F)c1C)N1CCCOCC1)OC. The van der Waals surface area contributed by atoms with Gasteiger partial charge in [0, 0.05) is 36.2 Å². The van der Waals surface area contributed by atoms with Crippen LogP contribution in [0, 0.1) is 29.9 Å². The number of allylic oxidation sites excluding steroid dienone is 1. The summed E-state index contributed by atoms with van der Waals surface area (Å²) in [5.41, 5.74) is 3.16. The number of ether oxygens (including phenoxy) is 2. The molecule has 6 nitrogen and oxygen atoms in total.